The fourth-order valence-corrected chi connectivity index (χ4v) is 2.44. The molecule has 1 N–H and O–H groups in total. The Balaban J connectivity index is -0.0000000900. The van der Waals surface area contributed by atoms with Crippen molar-refractivity contribution in [2.75, 3.05) is 6.61 Å². The van der Waals surface area contributed by atoms with Gasteiger partial charge in [-0.3, -0.25) is 0 Å². The second-order valence-electron chi connectivity index (χ2n) is 7.73. The Hall–Kier alpha value is 0.300. The Labute approximate surface area is 203 Å². The van der Waals surface area contributed by atoms with E-state index in [0.29, 0.717) is 0 Å². The Morgan fingerprint density at radius 2 is 1.57 bits per heavy atom. The van der Waals surface area contributed by atoms with E-state index in [2.05, 4.69) is 74.1 Å². The van der Waals surface area contributed by atoms with E-state index in [1.54, 1.807) is 0 Å². The van der Waals surface area contributed by atoms with Crippen LogP contribution in [0.2, 0.25) is 19.6 Å². The van der Waals surface area contributed by atoms with Crippen LogP contribution in [0.15, 0.2) is 36.4 Å². The van der Waals surface area contributed by atoms with Gasteiger partial charge in [0.05, 0.1) is 0 Å². The van der Waals surface area contributed by atoms with E-state index in [4.69, 9.17) is 10.2 Å². The third-order valence-electron chi connectivity index (χ3n) is 2.44. The second kappa shape index (κ2) is 20.6. The van der Waals surface area contributed by atoms with Gasteiger partial charge in [-0.2, -0.15) is 12.5 Å². The first-order valence-electron chi connectivity index (χ1n) is 8.58. The van der Waals surface area contributed by atoms with E-state index in [1.807, 2.05) is 20.8 Å². The van der Waals surface area contributed by atoms with Gasteiger partial charge in [0.25, 0.3) is 0 Å². The minimum Gasteiger partial charge on any atom is -0.358 e. The van der Waals surface area contributed by atoms with Gasteiger partial charge in [0.15, 0.2) is 8.32 Å². The van der Waals surface area contributed by atoms with E-state index < -0.39 is 8.32 Å². The predicted molar refractivity (Wildman–Crippen MR) is 136 cm³/mol. The summed E-state index contributed by atoms with van der Waals surface area (Å²) >= 11 is 1.30. The summed E-state index contributed by atoms with van der Waals surface area (Å²) in [5.41, 5.74) is 8.04. The molecule has 166 valence electrons. The minimum absolute atomic E-state index is 0. The van der Waals surface area contributed by atoms with Crippen molar-refractivity contribution in [2.24, 2.45) is 0 Å². The fourth-order valence-electron chi connectivity index (χ4n) is 1.68. The molecule has 0 heterocycles. The molecule has 0 aliphatic heterocycles. The zero-order chi connectivity index (χ0) is 20.1. The number of hydrogen-bond acceptors (Lipinski definition) is 1. The van der Waals surface area contributed by atoms with Gasteiger partial charge in [0.1, 0.15) is 0 Å². The summed E-state index contributed by atoms with van der Waals surface area (Å²) in [6, 6.07) is 12.8. The Morgan fingerprint density at radius 1 is 1.14 bits per heavy atom. The molecule has 2 rings (SSSR count). The summed E-state index contributed by atoms with van der Waals surface area (Å²) in [5.74, 6) is 0. The molecule has 2 aromatic rings. The van der Waals surface area contributed by atoms with Gasteiger partial charge in [0.2, 0.25) is 0 Å². The number of fused-ring (bicyclic) bond motifs is 1. The molecule has 0 fully saturated rings. The molecular weight excluding hydrogens is 484 g/mol. The molecule has 0 spiro atoms. The van der Waals surface area contributed by atoms with Gasteiger partial charge in [0, 0.05) is 6.61 Å². The topological polar surface area (TPSA) is 33.0 Å². The van der Waals surface area contributed by atoms with Crippen LogP contribution in [0, 0.1) is 21.3 Å². The summed E-state index contributed by atoms with van der Waals surface area (Å²) in [7, 11) is -1.22. The molecule has 0 aliphatic carbocycles. The molecule has 0 saturated carbocycles. The standard InChI is InChI=1S/C10H9.C6H15OSi.C4H10N.CH3.CH2.2ClH.Zr/c1-8-6-9-4-2-3-5-10(9)7-8;1-5-6-7-8(2,3)4;1-4(2,3)5;;;;;/h2-7H,1H3;1,5-6H2,2-4H3;5H,1-3H3;1H3;1H2;2*1H;/q4*-1;;;;. The summed E-state index contributed by atoms with van der Waals surface area (Å²) in [6.07, 6.45) is 0.893. The molecule has 0 saturated heterocycles. The molecule has 0 atom stereocenters. The maximum Gasteiger partial charge on any atom is -0.358 e. The number of benzene rings is 1. The molecule has 0 amide bonds. The summed E-state index contributed by atoms with van der Waals surface area (Å²) in [4.78, 5) is 0. The molecule has 0 unspecified atom stereocenters. The van der Waals surface area contributed by atoms with E-state index in [-0.39, 0.29) is 37.8 Å². The van der Waals surface area contributed by atoms with Crippen LogP contribution in [-0.4, -0.2) is 24.7 Å². The van der Waals surface area contributed by atoms with Crippen molar-refractivity contribution < 1.29 is 28.7 Å². The second-order valence-corrected chi connectivity index (χ2v) is 12.2. The monoisotopic (exact) mass is 523 g/mol. The van der Waals surface area contributed by atoms with Crippen molar-refractivity contribution in [3.05, 3.63) is 62.0 Å². The van der Waals surface area contributed by atoms with Crippen LogP contribution < -0.4 is 0 Å². The van der Waals surface area contributed by atoms with Gasteiger partial charge >= 0.3 is 28.4 Å². The van der Waals surface area contributed by atoms with Crippen LogP contribution in [0.25, 0.3) is 16.5 Å². The van der Waals surface area contributed by atoms with Gasteiger partial charge in [-0.05, 0) is 19.6 Å². The van der Waals surface area contributed by atoms with Crippen LogP contribution in [0.4, 0.5) is 0 Å². The summed E-state index contributed by atoms with van der Waals surface area (Å²) in [5, 5.41) is 2.69. The molecule has 6 heteroatoms. The van der Waals surface area contributed by atoms with Crippen molar-refractivity contribution in [3.63, 3.8) is 0 Å². The Morgan fingerprint density at radius 3 is 1.89 bits per heavy atom. The fraction of sp³-hybridized carbons (Fsp3) is 0.455. The smallest absolute Gasteiger partial charge is 0.358 e. The Bertz CT molecular complexity index is 539. The number of halogens is 2. The van der Waals surface area contributed by atoms with Crippen molar-refractivity contribution in [3.8, 4) is 0 Å². The van der Waals surface area contributed by atoms with E-state index >= 15 is 0 Å². The molecular formula is C22H41Cl2NOSiZr-4. The van der Waals surface area contributed by atoms with Crippen molar-refractivity contribution in [1.29, 1.82) is 0 Å². The number of hydrogen-bond donors (Lipinski definition) is 0. The van der Waals surface area contributed by atoms with Crippen LogP contribution in [-0.2, 0) is 28.7 Å². The summed E-state index contributed by atoms with van der Waals surface area (Å²) in [6.45, 7) is 18.8. The van der Waals surface area contributed by atoms with Crippen LogP contribution in [0.5, 0.6) is 0 Å². The first kappa shape index (κ1) is 38.9. The third kappa shape index (κ3) is 28.5. The SMILES string of the molecule is CC(C)(C)[NH-].Cc1cc2ccccc2[cH-]1.Cl.Cl.[CH2-]CCO[Si](C)(C)C.[CH2]=[Zr].[CH3-]. The van der Waals surface area contributed by atoms with E-state index in [0.717, 1.165) is 13.0 Å². The van der Waals surface area contributed by atoms with Crippen LogP contribution in [0.1, 0.15) is 32.8 Å². The number of rotatable bonds is 3. The average molecular weight is 526 g/mol. The van der Waals surface area contributed by atoms with Crippen molar-refractivity contribution >= 4 is 48.1 Å². The molecule has 2 nitrogen and oxygen atoms in total. The number of nitrogens with one attached hydrogen (secondary N) is 1. The van der Waals surface area contributed by atoms with Crippen LogP contribution in [0.3, 0.4) is 0 Å². The van der Waals surface area contributed by atoms with E-state index in [9.17, 15) is 0 Å². The summed E-state index contributed by atoms with van der Waals surface area (Å²) < 4.78 is 8.79. The molecule has 0 aliphatic rings. The minimum atomic E-state index is -1.22. The van der Waals surface area contributed by atoms with Gasteiger partial charge in [-0.15, -0.1) is 71.0 Å². The molecule has 0 bridgehead atoms. The molecule has 28 heavy (non-hydrogen) atoms. The molecule has 2 aromatic carbocycles. The normalized spacial score (nSPS) is 9.43. The van der Waals surface area contributed by atoms with Gasteiger partial charge < -0.3 is 24.5 Å². The van der Waals surface area contributed by atoms with Gasteiger partial charge in [-0.1, -0.05) is 33.8 Å². The third-order valence-corrected chi connectivity index (χ3v) is 3.51. The predicted octanol–water partition coefficient (Wildman–Crippen LogP) is 8.03. The first-order valence-corrected chi connectivity index (χ1v) is 13.7. The van der Waals surface area contributed by atoms with E-state index in [1.165, 1.54) is 40.6 Å². The molecule has 0 radical (unpaired) electrons. The first-order chi connectivity index (χ1) is 11.4. The van der Waals surface area contributed by atoms with Crippen LogP contribution >= 0.6 is 24.8 Å². The molecule has 0 aromatic heterocycles. The quantitative estimate of drug-likeness (QED) is 0.295. The van der Waals surface area contributed by atoms with Crippen molar-refractivity contribution in [1.82, 2.24) is 0 Å². The average Bonchev–Trinajstić information content (AvgIpc) is 2.85. The zero-order valence-electron chi connectivity index (χ0n) is 19.0. The van der Waals surface area contributed by atoms with Crippen molar-refractivity contribution in [2.45, 2.75) is 59.3 Å². The maximum atomic E-state index is 6.94. The number of aryl methyl sites for hydroxylation is 1. The largest absolute Gasteiger partial charge is 0.358 e. The Kier molecular flexibility index (Phi) is 28.5. The van der Waals surface area contributed by atoms with Gasteiger partial charge in [-0.25, -0.2) is 0 Å². The zero-order valence-corrected chi connectivity index (χ0v) is 24.1. The maximum absolute atomic E-state index is 6.94.